The Hall–Kier alpha value is -2.08. The van der Waals surface area contributed by atoms with E-state index in [1.54, 1.807) is 0 Å². The zero-order chi connectivity index (χ0) is 23.3. The average Bonchev–Trinajstić information content (AvgIpc) is 2.71. The number of rotatable bonds is 21. The van der Waals surface area contributed by atoms with Crippen molar-refractivity contribution in [3.63, 3.8) is 0 Å². The molecule has 2 amide bonds. The molecule has 0 atom stereocenters. The first kappa shape index (κ1) is 28.9. The largest absolute Gasteiger partial charge is 0.481 e. The smallest absolute Gasteiger partial charge is 0.303 e. The molecule has 0 rings (SSSR count). The number of hydrogen-bond donors (Lipinski definition) is 3. The topological polar surface area (TPSA) is 149 Å². The highest BCUT2D eigenvalue weighted by Gasteiger charge is 2.06. The number of carbonyl (C=O) groups excluding carboxylic acids is 3. The molecule has 0 spiro atoms. The fourth-order valence-electron chi connectivity index (χ4n) is 2.01. The van der Waals surface area contributed by atoms with Crippen molar-refractivity contribution in [1.82, 2.24) is 10.6 Å². The van der Waals surface area contributed by atoms with Crippen molar-refractivity contribution in [2.45, 2.75) is 33.1 Å². The molecule has 0 fully saturated rings. The van der Waals surface area contributed by atoms with E-state index < -0.39 is 5.97 Å². The Morgan fingerprint density at radius 1 is 0.710 bits per heavy atom. The fraction of sp³-hybridized carbons (Fsp3) is 0.800. The van der Waals surface area contributed by atoms with Crippen molar-refractivity contribution in [1.29, 1.82) is 0 Å². The van der Waals surface area contributed by atoms with Crippen LogP contribution in [0.4, 0.5) is 0 Å². The van der Waals surface area contributed by atoms with Crippen molar-refractivity contribution in [2.24, 2.45) is 5.92 Å². The van der Waals surface area contributed by atoms with Crippen LogP contribution in [0, 0.1) is 5.92 Å². The fourth-order valence-corrected chi connectivity index (χ4v) is 2.01. The second-order valence-corrected chi connectivity index (χ2v) is 6.90. The van der Waals surface area contributed by atoms with Crippen molar-refractivity contribution in [2.75, 3.05) is 65.9 Å². The lowest BCUT2D eigenvalue weighted by Crippen LogP contribution is -2.31. The summed E-state index contributed by atoms with van der Waals surface area (Å²) in [4.78, 5) is 44.7. The number of hydrogen-bond acceptors (Lipinski definition) is 8. The van der Waals surface area contributed by atoms with Gasteiger partial charge in [-0.25, -0.2) is 0 Å². The van der Waals surface area contributed by atoms with E-state index in [1.165, 1.54) is 0 Å². The van der Waals surface area contributed by atoms with Gasteiger partial charge in [-0.15, -0.1) is 0 Å². The summed E-state index contributed by atoms with van der Waals surface area (Å²) in [6, 6.07) is 0. The number of carbonyl (C=O) groups is 4. The number of carboxylic acids is 1. The van der Waals surface area contributed by atoms with E-state index in [0.29, 0.717) is 45.9 Å². The predicted octanol–water partition coefficient (Wildman–Crippen LogP) is -0.235. The normalized spacial score (nSPS) is 10.8. The van der Waals surface area contributed by atoms with Crippen molar-refractivity contribution in [3.8, 4) is 0 Å². The van der Waals surface area contributed by atoms with Gasteiger partial charge in [-0.3, -0.25) is 19.2 Å². The van der Waals surface area contributed by atoms with Crippen LogP contribution in [0.15, 0.2) is 0 Å². The number of carboxylic acid groups (broad SMARTS) is 1. The third kappa shape index (κ3) is 21.0. The van der Waals surface area contributed by atoms with Crippen LogP contribution in [0.2, 0.25) is 0 Å². The zero-order valence-electron chi connectivity index (χ0n) is 18.5. The van der Waals surface area contributed by atoms with E-state index in [2.05, 4.69) is 10.6 Å². The highest BCUT2D eigenvalue weighted by Crippen LogP contribution is 1.95. The molecule has 180 valence electrons. The summed E-state index contributed by atoms with van der Waals surface area (Å²) in [6.07, 6.45) is 0.445. The van der Waals surface area contributed by atoms with Gasteiger partial charge >= 0.3 is 5.97 Å². The number of ketones is 1. The van der Waals surface area contributed by atoms with E-state index in [1.807, 2.05) is 13.8 Å². The average molecular weight is 449 g/mol. The van der Waals surface area contributed by atoms with Crippen LogP contribution < -0.4 is 10.6 Å². The lowest BCUT2D eigenvalue weighted by Gasteiger charge is -2.09. The van der Waals surface area contributed by atoms with Crippen LogP contribution in [-0.2, 0) is 38.1 Å². The molecule has 0 aromatic heterocycles. The molecule has 0 saturated heterocycles. The monoisotopic (exact) mass is 448 g/mol. The van der Waals surface area contributed by atoms with Crippen LogP contribution in [0.5, 0.6) is 0 Å². The van der Waals surface area contributed by atoms with E-state index in [9.17, 15) is 19.2 Å². The minimum Gasteiger partial charge on any atom is -0.481 e. The van der Waals surface area contributed by atoms with E-state index in [4.69, 9.17) is 24.1 Å². The molecule has 11 heteroatoms. The molecule has 0 aliphatic heterocycles. The summed E-state index contributed by atoms with van der Waals surface area (Å²) in [5.74, 6) is -1.39. The lowest BCUT2D eigenvalue weighted by atomic mass is 10.1. The molecule has 0 bridgehead atoms. The molecule has 0 aliphatic carbocycles. The highest BCUT2D eigenvalue weighted by molar-refractivity contribution is 5.81. The third-order valence-electron chi connectivity index (χ3n) is 3.80. The number of amides is 2. The SMILES string of the molecule is CC(C)C(=O)COCCOCCNC(=O)COCCOCCNC(=O)CCCC(=O)O. The van der Waals surface area contributed by atoms with Gasteiger partial charge in [0, 0.05) is 31.8 Å². The van der Waals surface area contributed by atoms with Crippen molar-refractivity contribution >= 4 is 23.6 Å². The van der Waals surface area contributed by atoms with E-state index in [-0.39, 0.29) is 62.8 Å². The van der Waals surface area contributed by atoms with Gasteiger partial charge in [-0.2, -0.15) is 0 Å². The Labute approximate surface area is 183 Å². The summed E-state index contributed by atoms with van der Waals surface area (Å²) >= 11 is 0. The van der Waals surface area contributed by atoms with Gasteiger partial charge in [0.05, 0.1) is 39.6 Å². The third-order valence-corrected chi connectivity index (χ3v) is 3.80. The first-order valence-corrected chi connectivity index (χ1v) is 10.4. The quantitative estimate of drug-likeness (QED) is 0.202. The maximum Gasteiger partial charge on any atom is 0.303 e. The summed E-state index contributed by atoms with van der Waals surface area (Å²) in [5.41, 5.74) is 0. The molecular formula is C20H36N2O9. The van der Waals surface area contributed by atoms with Gasteiger partial charge in [0.25, 0.3) is 0 Å². The Morgan fingerprint density at radius 3 is 1.77 bits per heavy atom. The van der Waals surface area contributed by atoms with Crippen LogP contribution in [-0.4, -0.2) is 94.6 Å². The number of Topliss-reactive ketones (excluding diaryl/α,β-unsaturated/α-hetero) is 1. The number of aliphatic carboxylic acids is 1. The molecule has 0 aromatic rings. The maximum atomic E-state index is 11.6. The first-order valence-electron chi connectivity index (χ1n) is 10.4. The van der Waals surface area contributed by atoms with Gasteiger partial charge in [0.1, 0.15) is 13.2 Å². The van der Waals surface area contributed by atoms with Gasteiger partial charge < -0.3 is 34.7 Å². The molecule has 3 N–H and O–H groups in total. The minimum atomic E-state index is -0.921. The number of ether oxygens (including phenoxy) is 4. The maximum absolute atomic E-state index is 11.6. The minimum absolute atomic E-state index is 0.0292. The summed E-state index contributed by atoms with van der Waals surface area (Å²) < 4.78 is 20.9. The van der Waals surface area contributed by atoms with Crippen LogP contribution in [0.25, 0.3) is 0 Å². The lowest BCUT2D eigenvalue weighted by molar-refractivity contribution is -0.137. The van der Waals surface area contributed by atoms with E-state index in [0.717, 1.165) is 0 Å². The first-order chi connectivity index (χ1) is 14.8. The zero-order valence-corrected chi connectivity index (χ0v) is 18.5. The molecule has 0 heterocycles. The Morgan fingerprint density at radius 2 is 1.23 bits per heavy atom. The molecule has 11 nitrogen and oxygen atoms in total. The molecular weight excluding hydrogens is 412 g/mol. The Balaban J connectivity index is 3.34. The molecule has 0 radical (unpaired) electrons. The van der Waals surface area contributed by atoms with Gasteiger partial charge in [0.2, 0.25) is 11.8 Å². The molecule has 0 unspecified atom stereocenters. The second-order valence-electron chi connectivity index (χ2n) is 6.90. The van der Waals surface area contributed by atoms with Gasteiger partial charge in [-0.05, 0) is 6.42 Å². The van der Waals surface area contributed by atoms with Crippen molar-refractivity contribution < 1.29 is 43.2 Å². The molecule has 31 heavy (non-hydrogen) atoms. The highest BCUT2D eigenvalue weighted by atomic mass is 16.5. The standard InChI is InChI=1S/C20H36N2O9/c1-16(2)17(23)14-30-12-10-29-9-7-22-19(25)15-31-13-11-28-8-6-21-18(24)4-3-5-20(26)27/h16H,3-15H2,1-2H3,(H,21,24)(H,22,25)(H,26,27). The second kappa shape index (κ2) is 19.9. The number of nitrogens with one attached hydrogen (secondary N) is 2. The predicted molar refractivity (Wildman–Crippen MR) is 111 cm³/mol. The summed E-state index contributed by atoms with van der Waals surface area (Å²) in [5, 5.41) is 13.8. The van der Waals surface area contributed by atoms with E-state index >= 15 is 0 Å². The summed E-state index contributed by atoms with van der Waals surface area (Å²) in [6.45, 7) is 6.12. The van der Waals surface area contributed by atoms with Crippen LogP contribution >= 0.6 is 0 Å². The van der Waals surface area contributed by atoms with Gasteiger partial charge in [0.15, 0.2) is 5.78 Å². The Kier molecular flexibility index (Phi) is 18.5. The van der Waals surface area contributed by atoms with Crippen LogP contribution in [0.1, 0.15) is 33.1 Å². The molecule has 0 aromatic carbocycles. The summed E-state index contributed by atoms with van der Waals surface area (Å²) in [7, 11) is 0. The molecule has 0 aliphatic rings. The molecule has 0 saturated carbocycles. The van der Waals surface area contributed by atoms with Gasteiger partial charge in [-0.1, -0.05) is 13.8 Å². The van der Waals surface area contributed by atoms with Crippen molar-refractivity contribution in [3.05, 3.63) is 0 Å². The Bertz CT molecular complexity index is 527. The van der Waals surface area contributed by atoms with Crippen LogP contribution in [0.3, 0.4) is 0 Å².